The van der Waals surface area contributed by atoms with Crippen molar-refractivity contribution in [1.82, 2.24) is 0 Å². The van der Waals surface area contributed by atoms with Crippen LogP contribution in [0.25, 0.3) is 0 Å². The maximum Gasteiger partial charge on any atom is 0.165 e. The SMILES string of the molecule is COc1cc(NC2(CN)CSCCC2(C)C)ccc1F. The number of ether oxygens (including phenoxy) is 1. The molecular weight excluding hydrogens is 275 g/mol. The number of rotatable bonds is 4. The molecule has 0 saturated carbocycles. The molecule has 0 amide bonds. The first-order valence-electron chi connectivity index (χ1n) is 6.84. The van der Waals surface area contributed by atoms with Crippen LogP contribution in [0.2, 0.25) is 0 Å². The largest absolute Gasteiger partial charge is 0.494 e. The van der Waals surface area contributed by atoms with E-state index in [4.69, 9.17) is 10.5 Å². The minimum absolute atomic E-state index is 0.0919. The number of hydrogen-bond donors (Lipinski definition) is 2. The van der Waals surface area contributed by atoms with Crippen LogP contribution < -0.4 is 15.8 Å². The van der Waals surface area contributed by atoms with E-state index in [2.05, 4.69) is 19.2 Å². The highest BCUT2D eigenvalue weighted by molar-refractivity contribution is 7.99. The van der Waals surface area contributed by atoms with Crippen LogP contribution in [0.15, 0.2) is 18.2 Å². The summed E-state index contributed by atoms with van der Waals surface area (Å²) in [6.45, 7) is 5.04. The summed E-state index contributed by atoms with van der Waals surface area (Å²) in [5, 5.41) is 3.54. The molecule has 1 unspecified atom stereocenters. The van der Waals surface area contributed by atoms with Gasteiger partial charge in [-0.15, -0.1) is 0 Å². The van der Waals surface area contributed by atoms with Crippen LogP contribution in [-0.2, 0) is 0 Å². The number of anilines is 1. The van der Waals surface area contributed by atoms with Gasteiger partial charge in [0.05, 0.1) is 12.6 Å². The van der Waals surface area contributed by atoms with Crippen molar-refractivity contribution in [3.63, 3.8) is 0 Å². The van der Waals surface area contributed by atoms with Gasteiger partial charge in [0.1, 0.15) is 0 Å². The van der Waals surface area contributed by atoms with Crippen LogP contribution in [0.4, 0.5) is 10.1 Å². The predicted octanol–water partition coefficient (Wildman–Crippen LogP) is 3.11. The molecule has 0 radical (unpaired) electrons. The first-order chi connectivity index (χ1) is 9.44. The third kappa shape index (κ3) is 2.74. The third-order valence-corrected chi connectivity index (χ3v) is 5.59. The maximum atomic E-state index is 13.5. The highest BCUT2D eigenvalue weighted by atomic mass is 32.2. The summed E-state index contributed by atoms with van der Waals surface area (Å²) >= 11 is 1.91. The van der Waals surface area contributed by atoms with Gasteiger partial charge >= 0.3 is 0 Å². The van der Waals surface area contributed by atoms with Gasteiger partial charge in [0.25, 0.3) is 0 Å². The van der Waals surface area contributed by atoms with Gasteiger partial charge in [-0.3, -0.25) is 0 Å². The van der Waals surface area contributed by atoms with Gasteiger partial charge in [-0.2, -0.15) is 11.8 Å². The van der Waals surface area contributed by atoms with Crippen LogP contribution in [0.3, 0.4) is 0 Å². The standard InChI is InChI=1S/C15H23FN2OS/c1-14(2)6-7-20-10-15(14,9-17)18-11-4-5-12(16)13(8-11)19-3/h4-5,8,18H,6-7,9-10,17H2,1-3H3. The Bertz CT molecular complexity index is 481. The van der Waals surface area contributed by atoms with Crippen molar-refractivity contribution in [1.29, 1.82) is 0 Å². The molecule has 1 heterocycles. The summed E-state index contributed by atoms with van der Waals surface area (Å²) in [6, 6.07) is 4.86. The van der Waals surface area contributed by atoms with Crippen molar-refractivity contribution in [3.8, 4) is 5.75 Å². The van der Waals surface area contributed by atoms with Crippen molar-refractivity contribution in [2.24, 2.45) is 11.1 Å². The normalized spacial score (nSPS) is 25.2. The summed E-state index contributed by atoms with van der Waals surface area (Å²) in [5.41, 5.74) is 6.84. The fourth-order valence-electron chi connectivity index (χ4n) is 2.61. The number of halogens is 1. The molecule has 3 N–H and O–H groups in total. The Morgan fingerprint density at radius 1 is 1.45 bits per heavy atom. The molecule has 0 aliphatic carbocycles. The quantitative estimate of drug-likeness (QED) is 0.896. The van der Waals surface area contributed by atoms with Gasteiger partial charge < -0.3 is 15.8 Å². The molecule has 1 aliphatic rings. The average molecular weight is 298 g/mol. The molecule has 1 aromatic rings. The summed E-state index contributed by atoms with van der Waals surface area (Å²) in [4.78, 5) is 0. The summed E-state index contributed by atoms with van der Waals surface area (Å²) < 4.78 is 18.5. The molecular formula is C15H23FN2OS. The molecule has 1 aromatic carbocycles. The number of nitrogens with two attached hydrogens (primary N) is 1. The molecule has 1 saturated heterocycles. The molecule has 5 heteroatoms. The van der Waals surface area contributed by atoms with Gasteiger partial charge in [0.15, 0.2) is 11.6 Å². The molecule has 0 bridgehead atoms. The Kier molecular flexibility index (Phi) is 4.49. The molecule has 0 aromatic heterocycles. The average Bonchev–Trinajstić information content (AvgIpc) is 2.43. The van der Waals surface area contributed by atoms with Crippen molar-refractivity contribution in [2.45, 2.75) is 25.8 Å². The molecule has 20 heavy (non-hydrogen) atoms. The van der Waals surface area contributed by atoms with E-state index in [1.165, 1.54) is 13.2 Å². The zero-order valence-electron chi connectivity index (χ0n) is 12.3. The third-order valence-electron chi connectivity index (χ3n) is 4.40. The zero-order chi connectivity index (χ0) is 14.8. The van der Waals surface area contributed by atoms with E-state index in [0.29, 0.717) is 6.54 Å². The number of methoxy groups -OCH3 is 1. The van der Waals surface area contributed by atoms with Gasteiger partial charge in [0.2, 0.25) is 0 Å². The Morgan fingerprint density at radius 2 is 2.20 bits per heavy atom. The van der Waals surface area contributed by atoms with Crippen LogP contribution in [-0.4, -0.2) is 30.7 Å². The van der Waals surface area contributed by atoms with E-state index in [1.807, 2.05) is 11.8 Å². The van der Waals surface area contributed by atoms with Crippen LogP contribution in [0.1, 0.15) is 20.3 Å². The predicted molar refractivity (Wildman–Crippen MR) is 84.1 cm³/mol. The first-order valence-corrected chi connectivity index (χ1v) is 7.99. The second kappa shape index (κ2) is 5.82. The lowest BCUT2D eigenvalue weighted by atomic mass is 9.70. The number of thioether (sulfide) groups is 1. The van der Waals surface area contributed by atoms with Gasteiger partial charge in [-0.25, -0.2) is 4.39 Å². The molecule has 1 aliphatic heterocycles. The summed E-state index contributed by atoms with van der Waals surface area (Å²) in [5.74, 6) is 2.01. The Labute approximate surface area is 124 Å². The Hall–Kier alpha value is -0.940. The molecule has 2 rings (SSSR count). The topological polar surface area (TPSA) is 47.3 Å². The van der Waals surface area contributed by atoms with Gasteiger partial charge in [-0.1, -0.05) is 13.8 Å². The van der Waals surface area contributed by atoms with E-state index in [1.54, 1.807) is 12.1 Å². The van der Waals surface area contributed by atoms with E-state index >= 15 is 0 Å². The Balaban J connectivity index is 2.30. The van der Waals surface area contributed by atoms with E-state index in [9.17, 15) is 4.39 Å². The first kappa shape index (κ1) is 15.4. The molecule has 3 nitrogen and oxygen atoms in total. The second-order valence-corrected chi connectivity index (χ2v) is 7.05. The lowest BCUT2D eigenvalue weighted by Gasteiger charge is -2.50. The van der Waals surface area contributed by atoms with Crippen LogP contribution in [0.5, 0.6) is 5.75 Å². The van der Waals surface area contributed by atoms with E-state index in [0.717, 1.165) is 23.6 Å². The van der Waals surface area contributed by atoms with Crippen LogP contribution in [0, 0.1) is 11.2 Å². The monoisotopic (exact) mass is 298 g/mol. The minimum atomic E-state index is -0.350. The molecule has 1 atom stereocenters. The van der Waals surface area contributed by atoms with Crippen molar-refractivity contribution in [3.05, 3.63) is 24.0 Å². The molecule has 0 spiro atoms. The fourth-order valence-corrected chi connectivity index (χ4v) is 4.34. The maximum absolute atomic E-state index is 13.5. The lowest BCUT2D eigenvalue weighted by molar-refractivity contribution is 0.203. The van der Waals surface area contributed by atoms with Gasteiger partial charge in [-0.05, 0) is 29.7 Å². The Morgan fingerprint density at radius 3 is 2.80 bits per heavy atom. The number of nitrogens with one attached hydrogen (secondary N) is 1. The lowest BCUT2D eigenvalue weighted by Crippen LogP contribution is -2.60. The molecule has 1 fully saturated rings. The summed E-state index contributed by atoms with van der Waals surface area (Å²) in [6.07, 6.45) is 1.11. The van der Waals surface area contributed by atoms with Crippen molar-refractivity contribution in [2.75, 3.05) is 30.5 Å². The highest BCUT2D eigenvalue weighted by Crippen LogP contribution is 2.44. The van der Waals surface area contributed by atoms with Crippen LogP contribution >= 0.6 is 11.8 Å². The number of benzene rings is 1. The smallest absolute Gasteiger partial charge is 0.165 e. The highest BCUT2D eigenvalue weighted by Gasteiger charge is 2.46. The summed E-state index contributed by atoms with van der Waals surface area (Å²) in [7, 11) is 1.47. The van der Waals surface area contributed by atoms with Crippen molar-refractivity contribution >= 4 is 17.4 Å². The van der Waals surface area contributed by atoms with Crippen molar-refractivity contribution < 1.29 is 9.13 Å². The van der Waals surface area contributed by atoms with E-state index < -0.39 is 0 Å². The van der Waals surface area contributed by atoms with E-state index in [-0.39, 0.29) is 22.5 Å². The number of hydrogen-bond acceptors (Lipinski definition) is 4. The second-order valence-electron chi connectivity index (χ2n) is 5.95. The molecule has 112 valence electrons. The van der Waals surface area contributed by atoms with Gasteiger partial charge in [0, 0.05) is 24.1 Å². The minimum Gasteiger partial charge on any atom is -0.494 e. The zero-order valence-corrected chi connectivity index (χ0v) is 13.1. The fraction of sp³-hybridized carbons (Fsp3) is 0.600.